The largest absolute Gasteiger partial charge is 0.391 e. The van der Waals surface area contributed by atoms with Crippen LogP contribution in [0.15, 0.2) is 24.3 Å². The Morgan fingerprint density at radius 1 is 1.32 bits per heavy atom. The summed E-state index contributed by atoms with van der Waals surface area (Å²) in [6.07, 6.45) is 4.91. The number of carbonyl (C=O) groups excluding carboxylic acids is 1. The Labute approximate surface area is 114 Å². The van der Waals surface area contributed by atoms with E-state index >= 15 is 0 Å². The van der Waals surface area contributed by atoms with Gasteiger partial charge in [0.05, 0.1) is 12.0 Å². The highest BCUT2D eigenvalue weighted by Crippen LogP contribution is 2.33. The summed E-state index contributed by atoms with van der Waals surface area (Å²) in [5.74, 6) is 0.460. The Kier molecular flexibility index (Phi) is 3.56. The first-order chi connectivity index (χ1) is 9.25. The topological polar surface area (TPSA) is 49.3 Å². The third-order valence-corrected chi connectivity index (χ3v) is 4.34. The van der Waals surface area contributed by atoms with Gasteiger partial charge in [-0.3, -0.25) is 4.79 Å². The lowest BCUT2D eigenvalue weighted by Crippen LogP contribution is -2.37. The molecule has 2 N–H and O–H groups in total. The van der Waals surface area contributed by atoms with Gasteiger partial charge in [-0.15, -0.1) is 0 Å². The van der Waals surface area contributed by atoms with Crippen molar-refractivity contribution < 1.29 is 9.90 Å². The normalized spacial score (nSPS) is 23.5. The molecular formula is C16H21NO2. The van der Waals surface area contributed by atoms with Crippen molar-refractivity contribution in [1.29, 1.82) is 0 Å². The van der Waals surface area contributed by atoms with Crippen LogP contribution in [0, 0.1) is 5.92 Å². The summed E-state index contributed by atoms with van der Waals surface area (Å²) in [6, 6.07) is 8.23. The summed E-state index contributed by atoms with van der Waals surface area (Å²) in [5, 5.41) is 12.7. The number of benzene rings is 1. The molecule has 2 aliphatic carbocycles. The van der Waals surface area contributed by atoms with Crippen LogP contribution in [-0.4, -0.2) is 23.7 Å². The van der Waals surface area contributed by atoms with Crippen molar-refractivity contribution in [1.82, 2.24) is 5.32 Å². The average Bonchev–Trinajstić information content (AvgIpc) is 3.28. The second-order valence-electron chi connectivity index (χ2n) is 5.79. The van der Waals surface area contributed by atoms with Gasteiger partial charge >= 0.3 is 0 Å². The number of hydrogen-bond acceptors (Lipinski definition) is 2. The molecule has 1 aromatic carbocycles. The lowest BCUT2D eigenvalue weighted by Gasteiger charge is -2.25. The first-order valence-corrected chi connectivity index (χ1v) is 7.29. The van der Waals surface area contributed by atoms with E-state index in [0.717, 1.165) is 32.1 Å². The fourth-order valence-electron chi connectivity index (χ4n) is 3.00. The fourth-order valence-corrected chi connectivity index (χ4v) is 3.00. The zero-order valence-corrected chi connectivity index (χ0v) is 11.1. The number of rotatable bonds is 4. The molecule has 0 aromatic heterocycles. The minimum absolute atomic E-state index is 0.0312. The van der Waals surface area contributed by atoms with Gasteiger partial charge in [-0.25, -0.2) is 0 Å². The second kappa shape index (κ2) is 5.33. The van der Waals surface area contributed by atoms with Gasteiger partial charge in [0.15, 0.2) is 0 Å². The second-order valence-corrected chi connectivity index (χ2v) is 5.79. The highest BCUT2D eigenvalue weighted by molar-refractivity contribution is 5.84. The maximum Gasteiger partial charge on any atom is 0.227 e. The first kappa shape index (κ1) is 12.7. The van der Waals surface area contributed by atoms with E-state index in [2.05, 4.69) is 17.4 Å². The van der Waals surface area contributed by atoms with E-state index in [-0.39, 0.29) is 17.9 Å². The van der Waals surface area contributed by atoms with Gasteiger partial charge in [-0.2, -0.15) is 0 Å². The third-order valence-electron chi connectivity index (χ3n) is 4.34. The Bertz CT molecular complexity index is 468. The minimum Gasteiger partial charge on any atom is -0.391 e. The Morgan fingerprint density at radius 3 is 2.89 bits per heavy atom. The van der Waals surface area contributed by atoms with Crippen molar-refractivity contribution in [2.24, 2.45) is 5.92 Å². The fraction of sp³-hybridized carbons (Fsp3) is 0.562. The number of nitrogens with one attached hydrogen (secondary N) is 1. The molecular weight excluding hydrogens is 238 g/mol. The van der Waals surface area contributed by atoms with Crippen LogP contribution >= 0.6 is 0 Å². The molecule has 2 atom stereocenters. The van der Waals surface area contributed by atoms with Gasteiger partial charge in [-0.1, -0.05) is 24.3 Å². The number of hydrogen-bond donors (Lipinski definition) is 2. The number of amides is 1. The third kappa shape index (κ3) is 2.81. The maximum absolute atomic E-state index is 12.3. The molecule has 2 unspecified atom stereocenters. The van der Waals surface area contributed by atoms with E-state index in [0.29, 0.717) is 12.5 Å². The molecule has 0 aliphatic heterocycles. The van der Waals surface area contributed by atoms with E-state index in [4.69, 9.17) is 0 Å². The van der Waals surface area contributed by atoms with Crippen LogP contribution in [0.1, 0.15) is 42.7 Å². The highest BCUT2D eigenvalue weighted by Gasteiger charge is 2.31. The van der Waals surface area contributed by atoms with Gasteiger partial charge in [0.1, 0.15) is 0 Å². The zero-order valence-electron chi connectivity index (χ0n) is 11.1. The van der Waals surface area contributed by atoms with Gasteiger partial charge < -0.3 is 10.4 Å². The minimum atomic E-state index is -0.359. The Morgan fingerprint density at radius 2 is 2.11 bits per heavy atom. The van der Waals surface area contributed by atoms with Crippen LogP contribution in [0.25, 0.3) is 0 Å². The number of aryl methyl sites for hydroxylation is 1. The summed E-state index contributed by atoms with van der Waals surface area (Å²) >= 11 is 0. The lowest BCUT2D eigenvalue weighted by atomic mass is 9.82. The molecule has 3 heteroatoms. The zero-order chi connectivity index (χ0) is 13.2. The lowest BCUT2D eigenvalue weighted by molar-refractivity contribution is -0.123. The molecule has 3 nitrogen and oxygen atoms in total. The SMILES string of the molecule is O=C(NCC(O)C1CC1)C1CCCc2ccccc21. The van der Waals surface area contributed by atoms with Gasteiger partial charge in [0.25, 0.3) is 0 Å². The monoisotopic (exact) mass is 259 g/mol. The molecule has 1 amide bonds. The van der Waals surface area contributed by atoms with Crippen molar-refractivity contribution in [3.63, 3.8) is 0 Å². The number of aliphatic hydroxyl groups is 1. The molecule has 3 rings (SSSR count). The smallest absolute Gasteiger partial charge is 0.227 e. The highest BCUT2D eigenvalue weighted by atomic mass is 16.3. The summed E-state index contributed by atoms with van der Waals surface area (Å²) in [7, 11) is 0. The average molecular weight is 259 g/mol. The van der Waals surface area contributed by atoms with E-state index in [9.17, 15) is 9.90 Å². The molecule has 0 spiro atoms. The number of fused-ring (bicyclic) bond motifs is 1. The molecule has 1 fully saturated rings. The molecule has 1 saturated carbocycles. The molecule has 102 valence electrons. The van der Waals surface area contributed by atoms with Crippen LogP contribution in [0.5, 0.6) is 0 Å². The van der Waals surface area contributed by atoms with Crippen molar-refractivity contribution in [2.75, 3.05) is 6.54 Å². The molecule has 19 heavy (non-hydrogen) atoms. The Balaban J connectivity index is 1.63. The summed E-state index contributed by atoms with van der Waals surface area (Å²) < 4.78 is 0. The molecule has 0 saturated heterocycles. The van der Waals surface area contributed by atoms with Crippen LogP contribution in [0.2, 0.25) is 0 Å². The Hall–Kier alpha value is -1.35. The van der Waals surface area contributed by atoms with Crippen molar-refractivity contribution in [3.8, 4) is 0 Å². The summed E-state index contributed by atoms with van der Waals surface area (Å²) in [4.78, 5) is 12.3. The molecule has 0 radical (unpaired) electrons. The van der Waals surface area contributed by atoms with Crippen molar-refractivity contribution >= 4 is 5.91 Å². The van der Waals surface area contributed by atoms with Crippen LogP contribution in [0.3, 0.4) is 0 Å². The predicted octanol–water partition coefficient (Wildman–Crippen LogP) is 1.99. The van der Waals surface area contributed by atoms with E-state index < -0.39 is 0 Å². The standard InChI is InChI=1S/C16H21NO2/c18-15(12-8-9-12)10-17-16(19)14-7-3-5-11-4-1-2-6-13(11)14/h1-2,4,6,12,14-15,18H,3,5,7-10H2,(H,17,19). The molecule has 0 bridgehead atoms. The molecule has 2 aliphatic rings. The quantitative estimate of drug-likeness (QED) is 0.869. The van der Waals surface area contributed by atoms with E-state index in [1.165, 1.54) is 11.1 Å². The first-order valence-electron chi connectivity index (χ1n) is 7.29. The summed E-state index contributed by atoms with van der Waals surface area (Å²) in [6.45, 7) is 0.405. The van der Waals surface area contributed by atoms with Crippen LogP contribution in [-0.2, 0) is 11.2 Å². The molecule has 1 aromatic rings. The number of carbonyl (C=O) groups is 1. The van der Waals surface area contributed by atoms with E-state index in [1.54, 1.807) is 0 Å². The van der Waals surface area contributed by atoms with Crippen molar-refractivity contribution in [2.45, 2.75) is 44.1 Å². The van der Waals surface area contributed by atoms with Gasteiger partial charge in [0.2, 0.25) is 5.91 Å². The predicted molar refractivity (Wildman–Crippen MR) is 73.9 cm³/mol. The van der Waals surface area contributed by atoms with Crippen LogP contribution < -0.4 is 5.32 Å². The van der Waals surface area contributed by atoms with Gasteiger partial charge in [-0.05, 0) is 49.1 Å². The molecule has 0 heterocycles. The maximum atomic E-state index is 12.3. The summed E-state index contributed by atoms with van der Waals surface area (Å²) in [5.41, 5.74) is 2.48. The van der Waals surface area contributed by atoms with Gasteiger partial charge in [0, 0.05) is 6.54 Å². The number of aliphatic hydroxyl groups excluding tert-OH is 1. The van der Waals surface area contributed by atoms with Crippen LogP contribution in [0.4, 0.5) is 0 Å². The van der Waals surface area contributed by atoms with E-state index in [1.807, 2.05) is 12.1 Å². The van der Waals surface area contributed by atoms with Crippen molar-refractivity contribution in [3.05, 3.63) is 35.4 Å².